The summed E-state index contributed by atoms with van der Waals surface area (Å²) in [6.07, 6.45) is 1.54. The molecule has 1 atom stereocenters. The minimum atomic E-state index is -3.55. The molecule has 0 radical (unpaired) electrons. The summed E-state index contributed by atoms with van der Waals surface area (Å²) in [4.78, 5) is 27.8. The van der Waals surface area contributed by atoms with Crippen molar-refractivity contribution in [3.8, 4) is 0 Å². The predicted octanol–water partition coefficient (Wildman–Crippen LogP) is 4.84. The van der Waals surface area contributed by atoms with Crippen LogP contribution in [-0.2, 0) is 26.2 Å². The average Bonchev–Trinajstić information content (AvgIpc) is 2.75. The van der Waals surface area contributed by atoms with E-state index in [1.165, 1.54) is 15.5 Å². The summed E-state index contributed by atoms with van der Waals surface area (Å²) in [6, 6.07) is 12.1. The number of carbonyl (C=O) groups is 2. The van der Waals surface area contributed by atoms with Gasteiger partial charge in [-0.1, -0.05) is 41.9 Å². The number of halogens is 1. The second-order valence-electron chi connectivity index (χ2n) is 10.3. The van der Waals surface area contributed by atoms with Gasteiger partial charge in [0.05, 0.1) is 11.9 Å². The zero-order valence-electron chi connectivity index (χ0n) is 22.3. The van der Waals surface area contributed by atoms with Gasteiger partial charge in [-0.3, -0.25) is 13.9 Å². The van der Waals surface area contributed by atoms with Gasteiger partial charge in [0.25, 0.3) is 0 Å². The van der Waals surface area contributed by atoms with E-state index in [1.54, 1.807) is 19.1 Å². The molecule has 1 N–H and O–H groups in total. The van der Waals surface area contributed by atoms with Crippen molar-refractivity contribution in [3.05, 3.63) is 64.2 Å². The number of benzene rings is 2. The Morgan fingerprint density at radius 2 is 1.72 bits per heavy atom. The van der Waals surface area contributed by atoms with Gasteiger partial charge in [-0.15, -0.1) is 0 Å². The van der Waals surface area contributed by atoms with Gasteiger partial charge in [-0.25, -0.2) is 8.42 Å². The van der Waals surface area contributed by atoms with Crippen molar-refractivity contribution >= 4 is 39.1 Å². The molecule has 0 aliphatic heterocycles. The number of aryl methyl sites for hydroxylation is 2. The van der Waals surface area contributed by atoms with Crippen molar-refractivity contribution in [2.75, 3.05) is 17.1 Å². The van der Waals surface area contributed by atoms with E-state index in [9.17, 15) is 18.0 Å². The first-order valence-corrected chi connectivity index (χ1v) is 14.2. The quantitative estimate of drug-likeness (QED) is 0.472. The topological polar surface area (TPSA) is 86.8 Å². The third-order valence-electron chi connectivity index (χ3n) is 5.75. The molecule has 0 saturated heterocycles. The number of nitrogens with one attached hydrogen (secondary N) is 1. The second-order valence-corrected chi connectivity index (χ2v) is 12.6. The van der Waals surface area contributed by atoms with Crippen molar-refractivity contribution in [2.45, 2.75) is 72.5 Å². The zero-order valence-corrected chi connectivity index (χ0v) is 23.8. The van der Waals surface area contributed by atoms with Crippen molar-refractivity contribution < 1.29 is 18.0 Å². The van der Waals surface area contributed by atoms with Gasteiger partial charge in [0.2, 0.25) is 21.8 Å². The number of hydrogen-bond acceptors (Lipinski definition) is 4. The van der Waals surface area contributed by atoms with Crippen LogP contribution in [0.25, 0.3) is 0 Å². The van der Waals surface area contributed by atoms with Gasteiger partial charge in [0, 0.05) is 30.1 Å². The standard InChI is InChI=1S/C27H38ClN3O4S/c1-19-14-15-20(2)24(17-19)31(36(7,34)35)16-10-13-25(32)30(18-22-11-8-9-12-23(22)28)21(3)26(33)29-27(4,5)6/h8-9,11-12,14-15,17,21H,10,13,16,18H2,1-7H3,(H,29,33). The fourth-order valence-corrected chi connectivity index (χ4v) is 5.05. The van der Waals surface area contributed by atoms with E-state index in [-0.39, 0.29) is 31.3 Å². The normalized spacial score (nSPS) is 12.7. The maximum Gasteiger partial charge on any atom is 0.242 e. The molecule has 0 bridgehead atoms. The maximum absolute atomic E-state index is 13.4. The minimum absolute atomic E-state index is 0.0779. The van der Waals surface area contributed by atoms with Crippen molar-refractivity contribution in [1.82, 2.24) is 10.2 Å². The SMILES string of the molecule is Cc1ccc(C)c(N(CCCC(=O)N(Cc2ccccc2Cl)C(C)C(=O)NC(C)(C)C)S(C)(=O)=O)c1. The Hall–Kier alpha value is -2.58. The van der Waals surface area contributed by atoms with E-state index in [1.807, 2.05) is 65.0 Å². The van der Waals surface area contributed by atoms with Gasteiger partial charge in [-0.2, -0.15) is 0 Å². The van der Waals surface area contributed by atoms with E-state index >= 15 is 0 Å². The highest BCUT2D eigenvalue weighted by molar-refractivity contribution is 7.92. The molecule has 0 aliphatic carbocycles. The molecule has 0 aliphatic rings. The lowest BCUT2D eigenvalue weighted by Gasteiger charge is -2.32. The monoisotopic (exact) mass is 535 g/mol. The van der Waals surface area contributed by atoms with E-state index in [0.29, 0.717) is 17.1 Å². The third-order valence-corrected chi connectivity index (χ3v) is 7.30. The minimum Gasteiger partial charge on any atom is -0.350 e. The lowest BCUT2D eigenvalue weighted by molar-refractivity contribution is -0.141. The Morgan fingerprint density at radius 1 is 1.08 bits per heavy atom. The van der Waals surface area contributed by atoms with Gasteiger partial charge in [-0.05, 0) is 76.8 Å². The Bertz CT molecular complexity index is 1190. The van der Waals surface area contributed by atoms with Crippen LogP contribution in [0.3, 0.4) is 0 Å². The molecule has 2 amide bonds. The Kier molecular flexibility index (Phi) is 9.97. The first-order chi connectivity index (χ1) is 16.6. The molecule has 2 rings (SSSR count). The predicted molar refractivity (Wildman–Crippen MR) is 147 cm³/mol. The lowest BCUT2D eigenvalue weighted by atomic mass is 10.1. The molecule has 0 fully saturated rings. The molecule has 198 valence electrons. The zero-order chi connectivity index (χ0) is 27.3. The van der Waals surface area contributed by atoms with Gasteiger partial charge < -0.3 is 10.2 Å². The maximum atomic E-state index is 13.4. The van der Waals surface area contributed by atoms with Crippen LogP contribution in [-0.4, -0.2) is 49.5 Å². The number of nitrogens with zero attached hydrogens (tertiary/aromatic N) is 2. The lowest BCUT2D eigenvalue weighted by Crippen LogP contribution is -2.52. The second kappa shape index (κ2) is 12.1. The molecule has 0 aromatic heterocycles. The van der Waals surface area contributed by atoms with Crippen LogP contribution in [0.15, 0.2) is 42.5 Å². The molecular weight excluding hydrogens is 498 g/mol. The summed E-state index contributed by atoms with van der Waals surface area (Å²) in [6.45, 7) is 11.4. The first kappa shape index (κ1) is 29.6. The van der Waals surface area contributed by atoms with Crippen LogP contribution in [0.2, 0.25) is 5.02 Å². The number of sulfonamides is 1. The fraction of sp³-hybridized carbons (Fsp3) is 0.481. The molecule has 2 aromatic rings. The fourth-order valence-electron chi connectivity index (χ4n) is 3.84. The third kappa shape index (κ3) is 8.52. The Balaban J connectivity index is 2.24. The number of carbonyl (C=O) groups excluding carboxylic acids is 2. The van der Waals surface area contributed by atoms with Crippen LogP contribution >= 0.6 is 11.6 Å². The van der Waals surface area contributed by atoms with E-state index in [2.05, 4.69) is 5.32 Å². The molecule has 1 unspecified atom stereocenters. The molecular formula is C27H38ClN3O4S. The van der Waals surface area contributed by atoms with Crippen LogP contribution in [0.1, 0.15) is 57.2 Å². The van der Waals surface area contributed by atoms with Crippen molar-refractivity contribution in [3.63, 3.8) is 0 Å². The smallest absolute Gasteiger partial charge is 0.242 e. The van der Waals surface area contributed by atoms with Crippen LogP contribution < -0.4 is 9.62 Å². The van der Waals surface area contributed by atoms with Crippen LogP contribution in [0.4, 0.5) is 5.69 Å². The average molecular weight is 536 g/mol. The van der Waals surface area contributed by atoms with Crippen LogP contribution in [0, 0.1) is 13.8 Å². The number of anilines is 1. The molecule has 7 nitrogen and oxygen atoms in total. The van der Waals surface area contributed by atoms with Gasteiger partial charge in [0.15, 0.2) is 0 Å². The summed E-state index contributed by atoms with van der Waals surface area (Å²) >= 11 is 6.34. The molecule has 9 heteroatoms. The number of rotatable bonds is 10. The highest BCUT2D eigenvalue weighted by atomic mass is 35.5. The van der Waals surface area contributed by atoms with Gasteiger partial charge in [0.1, 0.15) is 6.04 Å². The van der Waals surface area contributed by atoms with Gasteiger partial charge >= 0.3 is 0 Å². The van der Waals surface area contributed by atoms with E-state index < -0.39 is 21.6 Å². The summed E-state index contributed by atoms with van der Waals surface area (Å²) in [5.41, 5.74) is 2.67. The highest BCUT2D eigenvalue weighted by Crippen LogP contribution is 2.25. The molecule has 2 aromatic carbocycles. The number of amides is 2. The number of hydrogen-bond donors (Lipinski definition) is 1. The highest BCUT2D eigenvalue weighted by Gasteiger charge is 2.29. The summed E-state index contributed by atoms with van der Waals surface area (Å²) in [5.74, 6) is -0.517. The largest absolute Gasteiger partial charge is 0.350 e. The van der Waals surface area contributed by atoms with E-state index in [4.69, 9.17) is 11.6 Å². The molecule has 36 heavy (non-hydrogen) atoms. The van der Waals surface area contributed by atoms with E-state index in [0.717, 1.165) is 16.7 Å². The molecule has 0 saturated carbocycles. The summed E-state index contributed by atoms with van der Waals surface area (Å²) < 4.78 is 26.5. The van der Waals surface area contributed by atoms with Crippen LogP contribution in [0.5, 0.6) is 0 Å². The summed E-state index contributed by atoms with van der Waals surface area (Å²) in [7, 11) is -3.55. The van der Waals surface area contributed by atoms with Crippen molar-refractivity contribution in [1.29, 1.82) is 0 Å². The Morgan fingerprint density at radius 3 is 2.31 bits per heavy atom. The first-order valence-electron chi connectivity index (χ1n) is 12.0. The molecule has 0 spiro atoms. The van der Waals surface area contributed by atoms with Crippen molar-refractivity contribution in [2.24, 2.45) is 0 Å². The Labute approximate surface area is 220 Å². The molecule has 0 heterocycles. The summed E-state index contributed by atoms with van der Waals surface area (Å²) in [5, 5.41) is 3.44.